The Kier molecular flexibility index (Phi) is 11.8. The van der Waals surface area contributed by atoms with E-state index in [1.54, 1.807) is 7.11 Å². The largest absolute Gasteiger partial charge is 0.480 e. The number of rotatable bonds is 12. The third-order valence-corrected chi connectivity index (χ3v) is 2.02. The molecule has 1 atom stereocenters. The van der Waals surface area contributed by atoms with Crippen molar-refractivity contribution in [2.75, 3.05) is 53.4 Å². The summed E-state index contributed by atoms with van der Waals surface area (Å²) < 4.78 is 20.1. The summed E-state index contributed by atoms with van der Waals surface area (Å²) in [4.78, 5) is 10.3. The number of alkyl halides is 1. The van der Waals surface area contributed by atoms with E-state index < -0.39 is 11.3 Å². The van der Waals surface area contributed by atoms with Gasteiger partial charge in [-0.2, -0.15) is 0 Å². The molecule has 0 aromatic heterocycles. The van der Waals surface area contributed by atoms with Crippen molar-refractivity contribution in [3.63, 3.8) is 0 Å². The van der Waals surface area contributed by atoms with Gasteiger partial charge in [-0.1, -0.05) is 0 Å². The van der Waals surface area contributed by atoms with Crippen molar-refractivity contribution < 1.29 is 28.8 Å². The van der Waals surface area contributed by atoms with E-state index in [9.17, 15) is 4.79 Å². The van der Waals surface area contributed by atoms with Crippen molar-refractivity contribution in [1.82, 2.24) is 0 Å². The second-order valence-electron chi connectivity index (χ2n) is 3.10. The van der Waals surface area contributed by atoms with Gasteiger partial charge in [0.2, 0.25) is 0 Å². The maximum absolute atomic E-state index is 10.3. The lowest BCUT2D eigenvalue weighted by molar-refractivity contribution is -0.137. The van der Waals surface area contributed by atoms with Gasteiger partial charge >= 0.3 is 5.97 Å². The maximum atomic E-state index is 10.3. The van der Waals surface area contributed by atoms with Crippen molar-refractivity contribution in [2.45, 2.75) is 5.38 Å². The molecule has 0 saturated heterocycles. The highest BCUT2D eigenvalue weighted by molar-refractivity contribution is 6.29. The summed E-state index contributed by atoms with van der Waals surface area (Å²) in [6, 6.07) is 0. The summed E-state index contributed by atoms with van der Waals surface area (Å²) >= 11 is 5.43. The molecule has 102 valence electrons. The number of carbonyl (C=O) groups is 1. The van der Waals surface area contributed by atoms with E-state index in [2.05, 4.69) is 0 Å². The van der Waals surface area contributed by atoms with Gasteiger partial charge in [0.15, 0.2) is 5.38 Å². The zero-order valence-corrected chi connectivity index (χ0v) is 10.6. The van der Waals surface area contributed by atoms with Crippen molar-refractivity contribution in [1.29, 1.82) is 0 Å². The van der Waals surface area contributed by atoms with Gasteiger partial charge in [0.25, 0.3) is 0 Å². The first kappa shape index (κ1) is 16.6. The molecule has 0 amide bonds. The van der Waals surface area contributed by atoms with Crippen LogP contribution in [0.1, 0.15) is 0 Å². The zero-order valence-electron chi connectivity index (χ0n) is 9.89. The number of hydrogen-bond donors (Lipinski definition) is 1. The lowest BCUT2D eigenvalue weighted by atomic mass is 10.4. The van der Waals surface area contributed by atoms with E-state index in [-0.39, 0.29) is 6.61 Å². The molecule has 0 heterocycles. The normalized spacial score (nSPS) is 12.6. The van der Waals surface area contributed by atoms with Crippen molar-refractivity contribution in [3.05, 3.63) is 0 Å². The van der Waals surface area contributed by atoms with Crippen LogP contribution in [0.15, 0.2) is 0 Å². The van der Waals surface area contributed by atoms with Gasteiger partial charge in [0.1, 0.15) is 0 Å². The average Bonchev–Trinajstić information content (AvgIpc) is 2.31. The van der Waals surface area contributed by atoms with Crippen molar-refractivity contribution in [3.8, 4) is 0 Å². The van der Waals surface area contributed by atoms with Crippen LogP contribution < -0.4 is 0 Å². The van der Waals surface area contributed by atoms with E-state index in [0.717, 1.165) is 0 Å². The fraction of sp³-hybridized carbons (Fsp3) is 0.900. The lowest BCUT2D eigenvalue weighted by Gasteiger charge is -2.07. The molecule has 0 aromatic carbocycles. The van der Waals surface area contributed by atoms with E-state index in [0.29, 0.717) is 39.6 Å². The van der Waals surface area contributed by atoms with Crippen molar-refractivity contribution >= 4 is 17.6 Å². The van der Waals surface area contributed by atoms with Gasteiger partial charge in [-0.15, -0.1) is 11.6 Å². The second-order valence-corrected chi connectivity index (χ2v) is 3.63. The minimum atomic E-state index is -1.08. The molecular weight excluding hydrogens is 252 g/mol. The number of aliphatic carboxylic acids is 1. The number of carboxylic acids is 1. The predicted octanol–water partition coefficient (Wildman–Crippen LogP) is 0.375. The minimum absolute atomic E-state index is 0.0232. The Bertz CT molecular complexity index is 190. The summed E-state index contributed by atoms with van der Waals surface area (Å²) in [6.07, 6.45) is 0. The molecule has 0 fully saturated rings. The van der Waals surface area contributed by atoms with Crippen LogP contribution in [0.25, 0.3) is 0 Å². The van der Waals surface area contributed by atoms with Gasteiger partial charge in [0, 0.05) is 7.11 Å². The quantitative estimate of drug-likeness (QED) is 0.408. The Balaban J connectivity index is 3.06. The summed E-state index contributed by atoms with van der Waals surface area (Å²) in [5, 5.41) is 7.45. The van der Waals surface area contributed by atoms with E-state index in [1.165, 1.54) is 0 Å². The molecule has 17 heavy (non-hydrogen) atoms. The Morgan fingerprint density at radius 1 is 1.06 bits per heavy atom. The molecule has 6 nitrogen and oxygen atoms in total. The Morgan fingerprint density at radius 2 is 1.53 bits per heavy atom. The van der Waals surface area contributed by atoms with Crippen LogP contribution in [-0.4, -0.2) is 69.8 Å². The molecule has 0 bridgehead atoms. The topological polar surface area (TPSA) is 74.2 Å². The SMILES string of the molecule is COCCOCCOCCOCC(Cl)C(=O)O. The average molecular weight is 271 g/mol. The molecule has 0 spiro atoms. The molecule has 0 aliphatic carbocycles. The van der Waals surface area contributed by atoms with Gasteiger partial charge in [-0.3, -0.25) is 4.79 Å². The summed E-state index contributed by atoms with van der Waals surface area (Å²) in [5.41, 5.74) is 0. The van der Waals surface area contributed by atoms with Crippen LogP contribution >= 0.6 is 11.6 Å². The first-order chi connectivity index (χ1) is 8.18. The van der Waals surface area contributed by atoms with Gasteiger partial charge < -0.3 is 24.1 Å². The highest BCUT2D eigenvalue weighted by Gasteiger charge is 2.12. The summed E-state index contributed by atoms with van der Waals surface area (Å²) in [7, 11) is 1.61. The van der Waals surface area contributed by atoms with E-state index in [1.807, 2.05) is 0 Å². The molecule has 0 saturated carbocycles. The lowest BCUT2D eigenvalue weighted by Crippen LogP contribution is -2.21. The Morgan fingerprint density at radius 3 is 2.00 bits per heavy atom. The molecule has 0 aromatic rings. The molecule has 1 N–H and O–H groups in total. The standard InChI is InChI=1S/C10H19ClO6/c1-14-2-3-15-4-5-16-6-7-17-8-9(11)10(12)13/h9H,2-8H2,1H3,(H,12,13). The number of halogens is 1. The number of methoxy groups -OCH3 is 1. The first-order valence-electron chi connectivity index (χ1n) is 5.27. The van der Waals surface area contributed by atoms with Crippen LogP contribution in [0.4, 0.5) is 0 Å². The molecule has 0 aliphatic heterocycles. The van der Waals surface area contributed by atoms with Gasteiger partial charge in [-0.25, -0.2) is 0 Å². The van der Waals surface area contributed by atoms with E-state index >= 15 is 0 Å². The van der Waals surface area contributed by atoms with Crippen LogP contribution in [0.5, 0.6) is 0 Å². The van der Waals surface area contributed by atoms with Crippen LogP contribution in [0.3, 0.4) is 0 Å². The summed E-state index contributed by atoms with van der Waals surface area (Å²) in [5.74, 6) is -1.08. The fourth-order valence-electron chi connectivity index (χ4n) is 0.840. The molecule has 1 unspecified atom stereocenters. The summed E-state index contributed by atoms with van der Waals surface area (Å²) in [6.45, 7) is 2.75. The highest BCUT2D eigenvalue weighted by atomic mass is 35.5. The molecule has 0 aliphatic rings. The minimum Gasteiger partial charge on any atom is -0.480 e. The van der Waals surface area contributed by atoms with Crippen LogP contribution in [0, 0.1) is 0 Å². The van der Waals surface area contributed by atoms with Gasteiger partial charge in [0.05, 0.1) is 46.2 Å². The number of ether oxygens (including phenoxy) is 4. The maximum Gasteiger partial charge on any atom is 0.324 e. The third-order valence-electron chi connectivity index (χ3n) is 1.71. The zero-order chi connectivity index (χ0) is 12.9. The first-order valence-corrected chi connectivity index (χ1v) is 5.71. The highest BCUT2D eigenvalue weighted by Crippen LogP contribution is 1.96. The smallest absolute Gasteiger partial charge is 0.324 e. The predicted molar refractivity (Wildman–Crippen MR) is 61.6 cm³/mol. The molecule has 7 heteroatoms. The fourth-order valence-corrected chi connectivity index (χ4v) is 0.929. The molecule has 0 radical (unpaired) electrons. The van der Waals surface area contributed by atoms with Crippen LogP contribution in [0.2, 0.25) is 0 Å². The van der Waals surface area contributed by atoms with Crippen LogP contribution in [-0.2, 0) is 23.7 Å². The number of hydrogen-bond acceptors (Lipinski definition) is 5. The monoisotopic (exact) mass is 270 g/mol. The molecular formula is C10H19ClO6. The molecule has 0 rings (SSSR count). The third kappa shape index (κ3) is 11.9. The van der Waals surface area contributed by atoms with E-state index in [4.69, 9.17) is 35.7 Å². The second kappa shape index (κ2) is 12.1. The Labute approximate surface area is 106 Å². The van der Waals surface area contributed by atoms with Crippen molar-refractivity contribution in [2.24, 2.45) is 0 Å². The Hall–Kier alpha value is -0.400. The number of carboxylic acid groups (broad SMARTS) is 1. The van der Waals surface area contributed by atoms with Gasteiger partial charge in [-0.05, 0) is 0 Å².